The number of aliphatic hydroxyl groups excluding tert-OH is 1. The number of hydrogen-bond acceptors (Lipinski definition) is 5. The van der Waals surface area contributed by atoms with E-state index in [1.165, 1.54) is 6.33 Å². The van der Waals surface area contributed by atoms with E-state index in [1.54, 1.807) is 4.68 Å². The molecule has 1 heterocycles. The number of aliphatic hydroxyl groups is 1. The lowest BCUT2D eigenvalue weighted by Gasteiger charge is -2.05. The zero-order valence-electron chi connectivity index (χ0n) is 8.65. The Bertz CT molecular complexity index is 413. The Kier molecular flexibility index (Phi) is 3.45. The molecule has 0 bridgehead atoms. The first-order chi connectivity index (χ1) is 7.90. The van der Waals surface area contributed by atoms with Gasteiger partial charge in [-0.05, 0) is 34.7 Å². The van der Waals surface area contributed by atoms with Gasteiger partial charge in [-0.15, -0.1) is 5.10 Å². The van der Waals surface area contributed by atoms with Crippen LogP contribution in [0.1, 0.15) is 6.42 Å². The molecular weight excluding hydrogens is 208 g/mol. The summed E-state index contributed by atoms with van der Waals surface area (Å²) in [7, 11) is 0. The molecule has 1 aromatic carbocycles. The van der Waals surface area contributed by atoms with Crippen LogP contribution >= 0.6 is 0 Å². The van der Waals surface area contributed by atoms with E-state index in [9.17, 15) is 0 Å². The molecule has 0 aliphatic heterocycles. The molecule has 2 rings (SSSR count). The Morgan fingerprint density at radius 3 is 2.69 bits per heavy atom. The van der Waals surface area contributed by atoms with E-state index in [2.05, 4.69) is 15.5 Å². The lowest BCUT2D eigenvalue weighted by Crippen LogP contribution is -2.00. The Morgan fingerprint density at radius 2 is 2.06 bits per heavy atom. The summed E-state index contributed by atoms with van der Waals surface area (Å²) >= 11 is 0. The molecule has 6 heteroatoms. The first-order valence-electron chi connectivity index (χ1n) is 4.97. The molecule has 0 saturated carbocycles. The molecule has 84 valence electrons. The van der Waals surface area contributed by atoms with E-state index >= 15 is 0 Å². The molecular formula is C10H12N4O2. The first kappa shape index (κ1) is 10.6. The second kappa shape index (κ2) is 5.22. The molecule has 0 aliphatic rings. The lowest BCUT2D eigenvalue weighted by molar-refractivity contribution is 0.233. The number of tetrazole rings is 1. The zero-order valence-corrected chi connectivity index (χ0v) is 8.65. The van der Waals surface area contributed by atoms with Crippen molar-refractivity contribution in [1.82, 2.24) is 20.2 Å². The van der Waals surface area contributed by atoms with Gasteiger partial charge in [-0.2, -0.15) is 0 Å². The molecule has 0 aliphatic carbocycles. The summed E-state index contributed by atoms with van der Waals surface area (Å²) in [4.78, 5) is 0. The van der Waals surface area contributed by atoms with Crippen LogP contribution in [0.2, 0.25) is 0 Å². The van der Waals surface area contributed by atoms with Crippen molar-refractivity contribution in [2.75, 3.05) is 13.2 Å². The fourth-order valence-electron chi connectivity index (χ4n) is 1.23. The predicted octanol–water partition coefficient (Wildman–Crippen LogP) is 0.423. The number of benzene rings is 1. The molecule has 1 N–H and O–H groups in total. The second-order valence-electron chi connectivity index (χ2n) is 3.17. The minimum absolute atomic E-state index is 0.142. The monoisotopic (exact) mass is 220 g/mol. The predicted molar refractivity (Wildman–Crippen MR) is 56.4 cm³/mol. The molecule has 0 saturated heterocycles. The van der Waals surface area contributed by atoms with Crippen molar-refractivity contribution in [2.24, 2.45) is 0 Å². The highest BCUT2D eigenvalue weighted by Crippen LogP contribution is 2.14. The van der Waals surface area contributed by atoms with Gasteiger partial charge >= 0.3 is 0 Å². The van der Waals surface area contributed by atoms with E-state index in [-0.39, 0.29) is 6.61 Å². The van der Waals surface area contributed by atoms with E-state index < -0.39 is 0 Å². The first-order valence-corrected chi connectivity index (χ1v) is 4.97. The standard InChI is InChI=1S/C10H12N4O2/c15-6-1-7-16-10-4-2-9(3-5-10)14-8-11-12-13-14/h2-5,8,15H,1,6-7H2. The summed E-state index contributed by atoms with van der Waals surface area (Å²) in [6, 6.07) is 7.41. The Balaban J connectivity index is 2.00. The highest BCUT2D eigenvalue weighted by molar-refractivity contribution is 5.36. The van der Waals surface area contributed by atoms with Crippen molar-refractivity contribution >= 4 is 0 Å². The van der Waals surface area contributed by atoms with Crippen LogP contribution in [-0.4, -0.2) is 38.5 Å². The number of hydrogen-bond donors (Lipinski definition) is 1. The van der Waals surface area contributed by atoms with Crippen molar-refractivity contribution in [3.05, 3.63) is 30.6 Å². The fraction of sp³-hybridized carbons (Fsp3) is 0.300. The number of aromatic nitrogens is 4. The molecule has 0 spiro atoms. The van der Waals surface area contributed by atoms with Gasteiger partial charge in [-0.3, -0.25) is 0 Å². The second-order valence-corrected chi connectivity index (χ2v) is 3.17. The molecule has 1 aromatic heterocycles. The summed E-state index contributed by atoms with van der Waals surface area (Å²) in [5.74, 6) is 0.769. The average molecular weight is 220 g/mol. The Morgan fingerprint density at radius 1 is 1.25 bits per heavy atom. The van der Waals surface area contributed by atoms with Crippen LogP contribution in [0.4, 0.5) is 0 Å². The van der Waals surface area contributed by atoms with Gasteiger partial charge in [-0.25, -0.2) is 4.68 Å². The summed E-state index contributed by atoms with van der Waals surface area (Å²) in [5, 5.41) is 19.5. The van der Waals surface area contributed by atoms with Crippen molar-refractivity contribution in [2.45, 2.75) is 6.42 Å². The smallest absolute Gasteiger partial charge is 0.143 e. The molecule has 0 amide bonds. The lowest BCUT2D eigenvalue weighted by atomic mass is 10.3. The van der Waals surface area contributed by atoms with Crippen LogP contribution in [0, 0.1) is 0 Å². The van der Waals surface area contributed by atoms with Gasteiger partial charge in [0.1, 0.15) is 12.1 Å². The third-order valence-corrected chi connectivity index (χ3v) is 2.02. The maximum Gasteiger partial charge on any atom is 0.143 e. The van der Waals surface area contributed by atoms with Gasteiger partial charge < -0.3 is 9.84 Å². The summed E-state index contributed by atoms with van der Waals surface area (Å²) in [5.41, 5.74) is 0.875. The summed E-state index contributed by atoms with van der Waals surface area (Å²) < 4.78 is 6.96. The number of rotatable bonds is 5. The zero-order chi connectivity index (χ0) is 11.2. The normalized spacial score (nSPS) is 10.3. The van der Waals surface area contributed by atoms with Crippen LogP contribution in [-0.2, 0) is 0 Å². The molecule has 16 heavy (non-hydrogen) atoms. The van der Waals surface area contributed by atoms with Crippen molar-refractivity contribution < 1.29 is 9.84 Å². The molecule has 0 unspecified atom stereocenters. The summed E-state index contributed by atoms with van der Waals surface area (Å²) in [6.07, 6.45) is 2.16. The van der Waals surface area contributed by atoms with Crippen LogP contribution in [0.15, 0.2) is 30.6 Å². The van der Waals surface area contributed by atoms with Gasteiger partial charge in [0.15, 0.2) is 0 Å². The Hall–Kier alpha value is -1.95. The SMILES string of the molecule is OCCCOc1ccc(-n2cnnn2)cc1. The van der Waals surface area contributed by atoms with Crippen molar-refractivity contribution in [1.29, 1.82) is 0 Å². The van der Waals surface area contributed by atoms with Gasteiger partial charge in [0, 0.05) is 13.0 Å². The van der Waals surface area contributed by atoms with Crippen molar-refractivity contribution in [3.8, 4) is 11.4 Å². The molecule has 6 nitrogen and oxygen atoms in total. The quantitative estimate of drug-likeness (QED) is 0.739. The highest BCUT2D eigenvalue weighted by atomic mass is 16.5. The van der Waals surface area contributed by atoms with Crippen LogP contribution in [0.25, 0.3) is 5.69 Å². The van der Waals surface area contributed by atoms with Gasteiger partial charge in [0.25, 0.3) is 0 Å². The van der Waals surface area contributed by atoms with Crippen LogP contribution in [0.3, 0.4) is 0 Å². The van der Waals surface area contributed by atoms with Crippen LogP contribution < -0.4 is 4.74 Å². The Labute approximate surface area is 92.5 Å². The van der Waals surface area contributed by atoms with E-state index in [0.717, 1.165) is 11.4 Å². The minimum atomic E-state index is 0.142. The van der Waals surface area contributed by atoms with Gasteiger partial charge in [0.2, 0.25) is 0 Å². The average Bonchev–Trinajstić information content (AvgIpc) is 2.84. The highest BCUT2D eigenvalue weighted by Gasteiger charge is 1.98. The number of nitrogens with zero attached hydrogens (tertiary/aromatic N) is 4. The maximum atomic E-state index is 8.61. The minimum Gasteiger partial charge on any atom is -0.494 e. The third-order valence-electron chi connectivity index (χ3n) is 2.02. The largest absolute Gasteiger partial charge is 0.494 e. The molecule has 0 radical (unpaired) electrons. The van der Waals surface area contributed by atoms with E-state index in [4.69, 9.17) is 9.84 Å². The molecule has 0 fully saturated rings. The maximum absolute atomic E-state index is 8.61. The van der Waals surface area contributed by atoms with Gasteiger partial charge in [-0.1, -0.05) is 0 Å². The summed E-state index contributed by atoms with van der Waals surface area (Å²) in [6.45, 7) is 0.656. The molecule has 0 atom stereocenters. The third kappa shape index (κ3) is 2.54. The van der Waals surface area contributed by atoms with Crippen LogP contribution in [0.5, 0.6) is 5.75 Å². The van der Waals surface area contributed by atoms with Gasteiger partial charge in [0.05, 0.1) is 12.3 Å². The van der Waals surface area contributed by atoms with Crippen molar-refractivity contribution in [3.63, 3.8) is 0 Å². The van der Waals surface area contributed by atoms with E-state index in [0.29, 0.717) is 13.0 Å². The van der Waals surface area contributed by atoms with E-state index in [1.807, 2.05) is 24.3 Å². The topological polar surface area (TPSA) is 73.1 Å². The number of ether oxygens (including phenoxy) is 1. The molecule has 2 aromatic rings. The fourth-order valence-corrected chi connectivity index (χ4v) is 1.23.